The van der Waals surface area contributed by atoms with E-state index in [2.05, 4.69) is 28.3 Å². The van der Waals surface area contributed by atoms with Gasteiger partial charge in [0.2, 0.25) is 5.95 Å². The second-order valence-electron chi connectivity index (χ2n) is 5.84. The van der Waals surface area contributed by atoms with Crippen LogP contribution in [0.5, 0.6) is 0 Å². The Labute approximate surface area is 147 Å². The molecule has 0 aliphatic carbocycles. The van der Waals surface area contributed by atoms with Crippen LogP contribution in [-0.2, 0) is 0 Å². The maximum absolute atomic E-state index is 12.7. The summed E-state index contributed by atoms with van der Waals surface area (Å²) in [7, 11) is 1.73. The first-order valence-electron chi connectivity index (χ1n) is 8.05. The number of carbonyl (C=O) groups is 1. The predicted molar refractivity (Wildman–Crippen MR) is 100 cm³/mol. The van der Waals surface area contributed by atoms with E-state index in [4.69, 9.17) is 0 Å². The van der Waals surface area contributed by atoms with Crippen molar-refractivity contribution in [3.05, 3.63) is 77.6 Å². The Morgan fingerprint density at radius 3 is 2.52 bits per heavy atom. The molecule has 0 atom stereocenters. The molecule has 5 heteroatoms. The average molecular weight is 332 g/mol. The molecular weight excluding hydrogens is 312 g/mol. The normalized spacial score (nSPS) is 10.4. The Morgan fingerprint density at radius 2 is 1.76 bits per heavy atom. The number of benzene rings is 2. The molecule has 0 aliphatic rings. The number of hydrogen-bond donors (Lipinski definition) is 1. The fourth-order valence-corrected chi connectivity index (χ4v) is 2.49. The topological polar surface area (TPSA) is 58.1 Å². The van der Waals surface area contributed by atoms with Crippen LogP contribution >= 0.6 is 0 Å². The highest BCUT2D eigenvalue weighted by atomic mass is 16.2. The van der Waals surface area contributed by atoms with E-state index in [1.807, 2.05) is 49.4 Å². The summed E-state index contributed by atoms with van der Waals surface area (Å²) in [4.78, 5) is 22.9. The molecule has 0 saturated heterocycles. The maximum atomic E-state index is 12.7. The van der Waals surface area contributed by atoms with Gasteiger partial charge < -0.3 is 10.2 Å². The molecule has 126 valence electrons. The molecule has 0 aliphatic heterocycles. The van der Waals surface area contributed by atoms with Gasteiger partial charge in [-0.15, -0.1) is 0 Å². The second kappa shape index (κ2) is 7.13. The summed E-state index contributed by atoms with van der Waals surface area (Å²) in [5, 5.41) is 3.19. The van der Waals surface area contributed by atoms with Gasteiger partial charge in [0.15, 0.2) is 0 Å². The van der Waals surface area contributed by atoms with Crippen LogP contribution < -0.4 is 10.2 Å². The van der Waals surface area contributed by atoms with Crippen LogP contribution in [0.25, 0.3) is 0 Å². The molecule has 25 heavy (non-hydrogen) atoms. The minimum Gasteiger partial charge on any atom is -0.324 e. The van der Waals surface area contributed by atoms with Crippen molar-refractivity contribution in [2.75, 3.05) is 17.3 Å². The SMILES string of the molecule is Cc1cccc(Nc2nccc(C(=O)N(C)c3ccccc3)n2)c1C. The van der Waals surface area contributed by atoms with Crippen LogP contribution in [0.4, 0.5) is 17.3 Å². The standard InChI is InChI=1S/C20H20N4O/c1-14-8-7-11-17(15(14)2)22-20-21-13-12-18(23-20)19(25)24(3)16-9-5-4-6-10-16/h4-13H,1-3H3,(H,21,22,23). The number of hydrogen-bond acceptors (Lipinski definition) is 4. The third kappa shape index (κ3) is 3.66. The molecule has 3 aromatic rings. The van der Waals surface area contributed by atoms with E-state index < -0.39 is 0 Å². The summed E-state index contributed by atoms with van der Waals surface area (Å²) >= 11 is 0. The van der Waals surface area contributed by atoms with Crippen molar-refractivity contribution in [1.29, 1.82) is 0 Å². The van der Waals surface area contributed by atoms with Gasteiger partial charge >= 0.3 is 0 Å². The van der Waals surface area contributed by atoms with Gasteiger partial charge in [0.1, 0.15) is 5.69 Å². The molecule has 0 saturated carbocycles. The van der Waals surface area contributed by atoms with Crippen molar-refractivity contribution in [2.45, 2.75) is 13.8 Å². The van der Waals surface area contributed by atoms with E-state index in [-0.39, 0.29) is 5.91 Å². The van der Waals surface area contributed by atoms with Gasteiger partial charge in [0.05, 0.1) is 0 Å². The number of nitrogens with one attached hydrogen (secondary N) is 1. The highest BCUT2D eigenvalue weighted by Crippen LogP contribution is 2.21. The summed E-state index contributed by atoms with van der Waals surface area (Å²) in [6.45, 7) is 4.09. The van der Waals surface area contributed by atoms with Crippen molar-refractivity contribution in [3.8, 4) is 0 Å². The summed E-state index contributed by atoms with van der Waals surface area (Å²) in [6.07, 6.45) is 1.59. The molecule has 1 amide bonds. The fourth-order valence-electron chi connectivity index (χ4n) is 2.49. The third-order valence-corrected chi connectivity index (χ3v) is 4.17. The number of anilines is 3. The van der Waals surface area contributed by atoms with Crippen molar-refractivity contribution >= 4 is 23.2 Å². The quantitative estimate of drug-likeness (QED) is 0.781. The molecule has 0 spiro atoms. The number of carbonyl (C=O) groups excluding carboxylic acids is 1. The number of aryl methyl sites for hydroxylation is 1. The van der Waals surface area contributed by atoms with E-state index in [0.29, 0.717) is 11.6 Å². The fraction of sp³-hybridized carbons (Fsp3) is 0.150. The Hall–Kier alpha value is -3.21. The first-order chi connectivity index (χ1) is 12.1. The molecule has 0 unspecified atom stereocenters. The molecule has 0 fully saturated rings. The Bertz CT molecular complexity index is 893. The zero-order chi connectivity index (χ0) is 17.8. The molecule has 2 aromatic carbocycles. The van der Waals surface area contributed by atoms with Crippen LogP contribution in [0.3, 0.4) is 0 Å². The van der Waals surface area contributed by atoms with Gasteiger partial charge in [-0.1, -0.05) is 30.3 Å². The largest absolute Gasteiger partial charge is 0.324 e. The predicted octanol–water partition coefficient (Wildman–Crippen LogP) is 4.11. The van der Waals surface area contributed by atoms with E-state index >= 15 is 0 Å². The average Bonchev–Trinajstić information content (AvgIpc) is 2.65. The van der Waals surface area contributed by atoms with Crippen LogP contribution in [0, 0.1) is 13.8 Å². The van der Waals surface area contributed by atoms with Gasteiger partial charge in [0.25, 0.3) is 5.91 Å². The number of para-hydroxylation sites is 1. The highest BCUT2D eigenvalue weighted by molar-refractivity contribution is 6.04. The lowest BCUT2D eigenvalue weighted by Crippen LogP contribution is -2.27. The van der Waals surface area contributed by atoms with Crippen molar-refractivity contribution < 1.29 is 4.79 Å². The molecule has 0 bridgehead atoms. The minimum absolute atomic E-state index is 0.183. The molecule has 5 nitrogen and oxygen atoms in total. The molecule has 0 radical (unpaired) electrons. The number of nitrogens with zero attached hydrogens (tertiary/aromatic N) is 3. The maximum Gasteiger partial charge on any atom is 0.276 e. The zero-order valence-electron chi connectivity index (χ0n) is 14.5. The van der Waals surface area contributed by atoms with Crippen molar-refractivity contribution in [3.63, 3.8) is 0 Å². The van der Waals surface area contributed by atoms with Gasteiger partial charge in [-0.3, -0.25) is 4.79 Å². The second-order valence-corrected chi connectivity index (χ2v) is 5.84. The molecule has 1 heterocycles. The first kappa shape index (κ1) is 16.6. The van der Waals surface area contributed by atoms with Gasteiger partial charge in [-0.25, -0.2) is 9.97 Å². The van der Waals surface area contributed by atoms with E-state index in [1.165, 1.54) is 5.56 Å². The Balaban J connectivity index is 1.84. The van der Waals surface area contributed by atoms with Crippen LogP contribution in [0.1, 0.15) is 21.6 Å². The minimum atomic E-state index is -0.183. The number of amides is 1. The summed E-state index contributed by atoms with van der Waals surface area (Å²) in [5.74, 6) is 0.221. The summed E-state index contributed by atoms with van der Waals surface area (Å²) in [6, 6.07) is 17.1. The number of aromatic nitrogens is 2. The Morgan fingerprint density at radius 1 is 1.00 bits per heavy atom. The molecular formula is C20H20N4O. The summed E-state index contributed by atoms with van der Waals surface area (Å²) < 4.78 is 0. The van der Waals surface area contributed by atoms with Crippen LogP contribution in [0.2, 0.25) is 0 Å². The van der Waals surface area contributed by atoms with E-state index in [1.54, 1.807) is 24.2 Å². The summed E-state index contributed by atoms with van der Waals surface area (Å²) in [5.41, 5.74) is 4.40. The lowest BCUT2D eigenvalue weighted by Gasteiger charge is -2.17. The number of rotatable bonds is 4. The lowest BCUT2D eigenvalue weighted by atomic mass is 10.1. The van der Waals surface area contributed by atoms with Crippen LogP contribution in [-0.4, -0.2) is 22.9 Å². The van der Waals surface area contributed by atoms with Gasteiger partial charge in [0, 0.05) is 24.6 Å². The van der Waals surface area contributed by atoms with Crippen molar-refractivity contribution in [1.82, 2.24) is 9.97 Å². The lowest BCUT2D eigenvalue weighted by molar-refractivity contribution is 0.0988. The van der Waals surface area contributed by atoms with E-state index in [9.17, 15) is 4.79 Å². The Kier molecular flexibility index (Phi) is 4.75. The zero-order valence-corrected chi connectivity index (χ0v) is 14.5. The molecule has 1 N–H and O–H groups in total. The molecule has 1 aromatic heterocycles. The van der Waals surface area contributed by atoms with Gasteiger partial charge in [-0.2, -0.15) is 0 Å². The van der Waals surface area contributed by atoms with Crippen LogP contribution in [0.15, 0.2) is 60.8 Å². The van der Waals surface area contributed by atoms with E-state index in [0.717, 1.165) is 16.9 Å². The highest BCUT2D eigenvalue weighted by Gasteiger charge is 2.15. The smallest absolute Gasteiger partial charge is 0.276 e. The first-order valence-corrected chi connectivity index (χ1v) is 8.05. The molecule has 3 rings (SSSR count). The van der Waals surface area contributed by atoms with Crippen molar-refractivity contribution in [2.24, 2.45) is 0 Å². The third-order valence-electron chi connectivity index (χ3n) is 4.17. The monoisotopic (exact) mass is 332 g/mol. The van der Waals surface area contributed by atoms with Gasteiger partial charge in [-0.05, 0) is 49.2 Å².